The zero-order chi connectivity index (χ0) is 13.9. The highest BCUT2D eigenvalue weighted by atomic mass is 32.2. The molecule has 0 aromatic carbocycles. The fourth-order valence-corrected chi connectivity index (χ4v) is 3.02. The molecule has 0 unspecified atom stereocenters. The van der Waals surface area contributed by atoms with Gasteiger partial charge in [-0.05, 0) is 18.5 Å². The molecule has 100 valence electrons. The Hall–Kier alpha value is -1.52. The molecule has 0 radical (unpaired) electrons. The molecule has 0 amide bonds. The first kappa shape index (κ1) is 14.5. The lowest BCUT2D eigenvalue weighted by atomic mass is 10.3. The van der Waals surface area contributed by atoms with Gasteiger partial charge in [0.25, 0.3) is 0 Å². The van der Waals surface area contributed by atoms with E-state index in [1.807, 2.05) is 0 Å². The minimum atomic E-state index is -4.29. The van der Waals surface area contributed by atoms with E-state index < -0.39 is 32.6 Å². The summed E-state index contributed by atoms with van der Waals surface area (Å²) in [5.74, 6) is -1.90. The van der Waals surface area contributed by atoms with Crippen LogP contribution in [-0.4, -0.2) is 38.4 Å². The van der Waals surface area contributed by atoms with Gasteiger partial charge in [-0.2, -0.15) is 4.37 Å². The first-order valence-electron chi connectivity index (χ1n) is 4.60. The molecule has 0 saturated heterocycles. The van der Waals surface area contributed by atoms with Crippen LogP contribution >= 0.6 is 11.5 Å². The number of carbonyl (C=O) groups excluding carboxylic acids is 2. The molecule has 1 heterocycles. The van der Waals surface area contributed by atoms with Gasteiger partial charge in [0.05, 0.1) is 13.7 Å². The lowest BCUT2D eigenvalue weighted by Crippen LogP contribution is -2.19. The van der Waals surface area contributed by atoms with Gasteiger partial charge in [-0.25, -0.2) is 23.1 Å². The normalized spacial score (nSPS) is 11.1. The number of methoxy groups -OCH3 is 1. The van der Waals surface area contributed by atoms with Gasteiger partial charge in [0.15, 0.2) is 10.6 Å². The SMILES string of the molecule is CCOC(=O)c1snc(C(=O)OC)c1S(N)(=O)=O. The summed E-state index contributed by atoms with van der Waals surface area (Å²) in [5.41, 5.74) is -0.520. The van der Waals surface area contributed by atoms with E-state index in [1.54, 1.807) is 6.92 Å². The van der Waals surface area contributed by atoms with Gasteiger partial charge in [0, 0.05) is 0 Å². The highest BCUT2D eigenvalue weighted by Crippen LogP contribution is 2.24. The Bertz CT molecular complexity index is 576. The minimum absolute atomic E-state index is 0.0500. The molecular formula is C8H10N2O6S2. The molecule has 18 heavy (non-hydrogen) atoms. The van der Waals surface area contributed by atoms with Crippen molar-refractivity contribution in [2.45, 2.75) is 11.8 Å². The van der Waals surface area contributed by atoms with E-state index in [0.717, 1.165) is 7.11 Å². The van der Waals surface area contributed by atoms with Crippen LogP contribution in [0, 0.1) is 0 Å². The minimum Gasteiger partial charge on any atom is -0.464 e. The Morgan fingerprint density at radius 1 is 1.39 bits per heavy atom. The van der Waals surface area contributed by atoms with Crippen molar-refractivity contribution < 1.29 is 27.5 Å². The molecule has 0 atom stereocenters. The Morgan fingerprint density at radius 3 is 2.44 bits per heavy atom. The van der Waals surface area contributed by atoms with E-state index in [2.05, 4.69) is 13.8 Å². The summed E-state index contributed by atoms with van der Waals surface area (Å²) in [6.45, 7) is 1.60. The quantitative estimate of drug-likeness (QED) is 0.759. The number of sulfonamides is 1. The van der Waals surface area contributed by atoms with Crippen molar-refractivity contribution in [1.82, 2.24) is 4.37 Å². The van der Waals surface area contributed by atoms with Gasteiger partial charge in [0.1, 0.15) is 4.90 Å². The number of nitrogens with zero attached hydrogens (tertiary/aromatic N) is 1. The molecule has 8 nitrogen and oxygen atoms in total. The van der Waals surface area contributed by atoms with Crippen molar-refractivity contribution in [2.24, 2.45) is 5.14 Å². The van der Waals surface area contributed by atoms with Gasteiger partial charge >= 0.3 is 11.9 Å². The Kier molecular flexibility index (Phi) is 4.38. The van der Waals surface area contributed by atoms with Crippen molar-refractivity contribution in [3.8, 4) is 0 Å². The molecule has 0 fully saturated rings. The second kappa shape index (κ2) is 5.42. The van der Waals surface area contributed by atoms with Gasteiger partial charge < -0.3 is 9.47 Å². The van der Waals surface area contributed by atoms with Crippen LogP contribution in [0.15, 0.2) is 4.90 Å². The molecule has 0 saturated carbocycles. The number of hydrogen-bond donors (Lipinski definition) is 1. The second-order valence-corrected chi connectivity index (χ2v) is 5.22. The lowest BCUT2D eigenvalue weighted by molar-refractivity contribution is 0.0528. The molecule has 0 aliphatic heterocycles. The highest BCUT2D eigenvalue weighted by molar-refractivity contribution is 7.89. The van der Waals surface area contributed by atoms with Crippen molar-refractivity contribution >= 4 is 33.5 Å². The smallest absolute Gasteiger partial charge is 0.359 e. The van der Waals surface area contributed by atoms with Crippen molar-refractivity contribution in [3.63, 3.8) is 0 Å². The third-order valence-electron chi connectivity index (χ3n) is 1.77. The number of carbonyl (C=O) groups is 2. The summed E-state index contributed by atoms with van der Waals surface area (Å²) >= 11 is 0.510. The van der Waals surface area contributed by atoms with Crippen LogP contribution in [0.4, 0.5) is 0 Å². The van der Waals surface area contributed by atoms with Crippen molar-refractivity contribution in [1.29, 1.82) is 0 Å². The molecule has 0 aliphatic carbocycles. The van der Waals surface area contributed by atoms with Crippen molar-refractivity contribution in [2.75, 3.05) is 13.7 Å². The zero-order valence-corrected chi connectivity index (χ0v) is 11.1. The molecule has 0 aliphatic rings. The van der Waals surface area contributed by atoms with Crippen LogP contribution in [-0.2, 0) is 19.5 Å². The fourth-order valence-electron chi connectivity index (χ4n) is 1.10. The summed E-state index contributed by atoms with van der Waals surface area (Å²) in [4.78, 5) is 21.8. The average molecular weight is 294 g/mol. The van der Waals surface area contributed by atoms with Crippen LogP contribution < -0.4 is 5.14 Å². The highest BCUT2D eigenvalue weighted by Gasteiger charge is 2.32. The standard InChI is InChI=1S/C8H10N2O6S2/c1-3-16-8(12)5-6(18(9,13)14)4(10-17-5)7(11)15-2/h3H2,1-2H3,(H2,9,13,14). The second-order valence-electron chi connectivity index (χ2n) is 2.95. The number of ether oxygens (including phenoxy) is 2. The molecule has 0 spiro atoms. The fraction of sp³-hybridized carbons (Fsp3) is 0.375. The van der Waals surface area contributed by atoms with E-state index in [-0.39, 0.29) is 11.5 Å². The third-order valence-corrected chi connectivity index (χ3v) is 3.70. The largest absolute Gasteiger partial charge is 0.464 e. The first-order valence-corrected chi connectivity index (χ1v) is 6.92. The maximum absolute atomic E-state index is 11.5. The van der Waals surface area contributed by atoms with Crippen LogP contribution in [0.3, 0.4) is 0 Å². The predicted octanol–water partition coefficient (Wildman–Crippen LogP) is -0.246. The summed E-state index contributed by atoms with van der Waals surface area (Å²) in [7, 11) is -3.24. The van der Waals surface area contributed by atoms with E-state index in [1.165, 1.54) is 0 Å². The van der Waals surface area contributed by atoms with E-state index in [4.69, 9.17) is 5.14 Å². The monoisotopic (exact) mass is 294 g/mol. The molecule has 2 N–H and O–H groups in total. The first-order chi connectivity index (χ1) is 8.32. The van der Waals surface area contributed by atoms with Crippen LogP contribution in [0.1, 0.15) is 27.1 Å². The number of primary sulfonamides is 1. The van der Waals surface area contributed by atoms with Crippen LogP contribution in [0.2, 0.25) is 0 Å². The van der Waals surface area contributed by atoms with Gasteiger partial charge in [-0.3, -0.25) is 0 Å². The number of hydrogen-bond acceptors (Lipinski definition) is 8. The zero-order valence-electron chi connectivity index (χ0n) is 9.50. The predicted molar refractivity (Wildman–Crippen MR) is 60.8 cm³/mol. The van der Waals surface area contributed by atoms with Gasteiger partial charge in [-0.15, -0.1) is 0 Å². The lowest BCUT2D eigenvalue weighted by Gasteiger charge is -2.02. The van der Waals surface area contributed by atoms with Crippen molar-refractivity contribution in [3.05, 3.63) is 10.6 Å². The molecule has 1 aromatic heterocycles. The molecule has 0 bridgehead atoms. The number of nitrogens with two attached hydrogens (primary N) is 1. The van der Waals surface area contributed by atoms with E-state index in [0.29, 0.717) is 11.5 Å². The topological polar surface area (TPSA) is 126 Å². The Labute approximate surface area is 107 Å². The summed E-state index contributed by atoms with van der Waals surface area (Å²) in [5, 5.41) is 4.95. The third kappa shape index (κ3) is 2.83. The summed E-state index contributed by atoms with van der Waals surface area (Å²) < 4.78 is 35.4. The number of esters is 2. The Morgan fingerprint density at radius 2 is 2.00 bits per heavy atom. The number of aromatic nitrogens is 1. The maximum atomic E-state index is 11.5. The van der Waals surface area contributed by atoms with E-state index in [9.17, 15) is 18.0 Å². The molecular weight excluding hydrogens is 284 g/mol. The van der Waals surface area contributed by atoms with Gasteiger partial charge in [-0.1, -0.05) is 0 Å². The molecule has 10 heteroatoms. The Balaban J connectivity index is 3.43. The van der Waals surface area contributed by atoms with E-state index >= 15 is 0 Å². The van der Waals surface area contributed by atoms with Gasteiger partial charge in [0.2, 0.25) is 10.0 Å². The average Bonchev–Trinajstić information content (AvgIpc) is 2.72. The summed E-state index contributed by atoms with van der Waals surface area (Å²) in [6, 6.07) is 0. The molecule has 1 rings (SSSR count). The maximum Gasteiger partial charge on any atom is 0.359 e. The number of rotatable bonds is 4. The van der Waals surface area contributed by atoms with Crippen LogP contribution in [0.5, 0.6) is 0 Å². The molecule has 1 aromatic rings. The summed E-state index contributed by atoms with van der Waals surface area (Å²) in [6.07, 6.45) is 0. The van der Waals surface area contributed by atoms with Crippen LogP contribution in [0.25, 0.3) is 0 Å².